The number of hydrogen-bond acceptors (Lipinski definition) is 2. The molecule has 1 atom stereocenters. The van der Waals surface area contributed by atoms with Gasteiger partial charge in [-0.3, -0.25) is 0 Å². The summed E-state index contributed by atoms with van der Waals surface area (Å²) in [6.45, 7) is 7.64. The normalized spacial score (nSPS) is 20.7. The lowest BCUT2D eigenvalue weighted by atomic mass is 10.0. The summed E-state index contributed by atoms with van der Waals surface area (Å²) in [5, 5.41) is 5.16. The fourth-order valence-corrected chi connectivity index (χ4v) is 3.08. The molecule has 0 bridgehead atoms. The summed E-state index contributed by atoms with van der Waals surface area (Å²) in [7, 11) is 0. The van der Waals surface area contributed by atoms with E-state index in [2.05, 4.69) is 24.1 Å². The number of hydrogen-bond donors (Lipinski definition) is 1. The van der Waals surface area contributed by atoms with E-state index in [1.54, 1.807) is 0 Å². The molecule has 1 unspecified atom stereocenters. The van der Waals surface area contributed by atoms with Gasteiger partial charge in [-0.25, -0.2) is 0 Å². The minimum absolute atomic E-state index is 0.526. The van der Waals surface area contributed by atoms with E-state index in [9.17, 15) is 0 Å². The molecule has 1 aromatic rings. The smallest absolute Gasteiger partial charge is 0.0640 e. The highest BCUT2D eigenvalue weighted by Gasteiger charge is 2.20. The number of rotatable bonds is 3. The number of anilines is 1. The molecule has 0 saturated carbocycles. The van der Waals surface area contributed by atoms with Crippen molar-refractivity contribution in [3.63, 3.8) is 0 Å². The fraction of sp³-hybridized carbons (Fsp3) is 0.600. The minimum Gasteiger partial charge on any atom is -0.369 e. The third-order valence-corrected chi connectivity index (χ3v) is 4.04. The van der Waals surface area contributed by atoms with Gasteiger partial charge in [0, 0.05) is 24.2 Å². The Morgan fingerprint density at radius 1 is 1.37 bits per heavy atom. The Labute approximate surface area is 126 Å². The molecule has 1 N–H and O–H groups in total. The first-order chi connectivity index (χ1) is 9.06. The maximum atomic E-state index is 6.32. The molecule has 2 nitrogen and oxygen atoms in total. The summed E-state index contributed by atoms with van der Waals surface area (Å²) in [6, 6.07) is 6.23. The Balaban J connectivity index is 2.15. The summed E-state index contributed by atoms with van der Waals surface area (Å²) in [6.07, 6.45) is 2.33. The molecule has 0 aliphatic carbocycles. The van der Waals surface area contributed by atoms with Crippen LogP contribution < -0.4 is 10.2 Å². The van der Waals surface area contributed by atoms with Crippen molar-refractivity contribution < 1.29 is 0 Å². The van der Waals surface area contributed by atoms with Crippen molar-refractivity contribution in [2.24, 2.45) is 5.92 Å². The molecule has 0 aromatic heterocycles. The molecule has 0 spiro atoms. The van der Waals surface area contributed by atoms with E-state index in [-0.39, 0.29) is 0 Å². The van der Waals surface area contributed by atoms with Gasteiger partial charge in [0.25, 0.3) is 0 Å². The van der Waals surface area contributed by atoms with E-state index in [0.717, 1.165) is 41.8 Å². The van der Waals surface area contributed by atoms with Gasteiger partial charge in [-0.1, -0.05) is 37.0 Å². The van der Waals surface area contributed by atoms with Crippen LogP contribution in [0, 0.1) is 5.92 Å². The van der Waals surface area contributed by atoms with Crippen molar-refractivity contribution >= 4 is 28.9 Å². The van der Waals surface area contributed by atoms with Crippen LogP contribution in [0.3, 0.4) is 0 Å². The summed E-state index contributed by atoms with van der Waals surface area (Å²) in [5.41, 5.74) is 1.06. The van der Waals surface area contributed by atoms with Crippen molar-refractivity contribution in [2.45, 2.75) is 32.7 Å². The van der Waals surface area contributed by atoms with Gasteiger partial charge in [-0.15, -0.1) is 0 Å². The number of halogens is 2. The topological polar surface area (TPSA) is 15.3 Å². The number of nitrogens with zero attached hydrogens (tertiary/aromatic N) is 1. The summed E-state index contributed by atoms with van der Waals surface area (Å²) in [5.74, 6) is 0.701. The fourth-order valence-electron chi connectivity index (χ4n) is 2.67. The second kappa shape index (κ2) is 6.83. The average molecular weight is 301 g/mol. The van der Waals surface area contributed by atoms with Crippen molar-refractivity contribution in [1.82, 2.24) is 5.32 Å². The molecular formula is C15H22Cl2N2. The van der Waals surface area contributed by atoms with Crippen molar-refractivity contribution in [2.75, 3.05) is 24.5 Å². The maximum Gasteiger partial charge on any atom is 0.0640 e. The van der Waals surface area contributed by atoms with Crippen LogP contribution in [-0.2, 0) is 0 Å². The zero-order valence-corrected chi connectivity index (χ0v) is 13.1. The average Bonchev–Trinajstić information content (AvgIpc) is 2.57. The Morgan fingerprint density at radius 2 is 2.16 bits per heavy atom. The van der Waals surface area contributed by atoms with Crippen LogP contribution in [0.25, 0.3) is 0 Å². The third kappa shape index (κ3) is 4.27. The Hall–Kier alpha value is -0.440. The van der Waals surface area contributed by atoms with E-state index in [1.165, 1.54) is 6.42 Å². The van der Waals surface area contributed by atoms with Crippen LogP contribution in [0.4, 0.5) is 5.69 Å². The highest BCUT2D eigenvalue weighted by atomic mass is 35.5. The van der Waals surface area contributed by atoms with Gasteiger partial charge in [0.2, 0.25) is 0 Å². The van der Waals surface area contributed by atoms with E-state index in [1.807, 2.05) is 18.2 Å². The summed E-state index contributed by atoms with van der Waals surface area (Å²) in [4.78, 5) is 2.36. The van der Waals surface area contributed by atoms with E-state index in [0.29, 0.717) is 12.0 Å². The lowest BCUT2D eigenvalue weighted by molar-refractivity contribution is 0.436. The van der Waals surface area contributed by atoms with Gasteiger partial charge >= 0.3 is 0 Å². The largest absolute Gasteiger partial charge is 0.369 e. The van der Waals surface area contributed by atoms with Gasteiger partial charge in [-0.05, 0) is 43.5 Å². The Morgan fingerprint density at radius 3 is 2.89 bits per heavy atom. The molecule has 1 aliphatic heterocycles. The first-order valence-corrected chi connectivity index (χ1v) is 7.75. The quantitative estimate of drug-likeness (QED) is 0.899. The SMILES string of the molecule is CC(C)CC1CN(c2cc(Cl)ccc2Cl)CCCN1. The van der Waals surface area contributed by atoms with E-state index >= 15 is 0 Å². The molecule has 106 valence electrons. The van der Waals surface area contributed by atoms with Crippen LogP contribution in [-0.4, -0.2) is 25.7 Å². The van der Waals surface area contributed by atoms with Crippen molar-refractivity contribution in [3.05, 3.63) is 28.2 Å². The zero-order valence-electron chi connectivity index (χ0n) is 11.6. The van der Waals surface area contributed by atoms with Crippen LogP contribution >= 0.6 is 23.2 Å². The minimum atomic E-state index is 0.526. The zero-order chi connectivity index (χ0) is 13.8. The molecule has 1 fully saturated rings. The molecule has 1 aliphatic rings. The van der Waals surface area contributed by atoms with E-state index < -0.39 is 0 Å². The molecule has 1 saturated heterocycles. The lowest BCUT2D eigenvalue weighted by Gasteiger charge is -2.28. The van der Waals surface area contributed by atoms with Crippen LogP contribution in [0.1, 0.15) is 26.7 Å². The molecule has 0 radical (unpaired) electrons. The predicted molar refractivity (Wildman–Crippen MR) is 84.5 cm³/mol. The Bertz CT molecular complexity index is 421. The second-order valence-electron chi connectivity index (χ2n) is 5.68. The summed E-state index contributed by atoms with van der Waals surface area (Å²) < 4.78 is 0. The van der Waals surface area contributed by atoms with Gasteiger partial charge in [-0.2, -0.15) is 0 Å². The van der Waals surface area contributed by atoms with Crippen LogP contribution in [0.15, 0.2) is 18.2 Å². The maximum absolute atomic E-state index is 6.32. The molecule has 4 heteroatoms. The first kappa shape index (κ1) is 15.0. The summed E-state index contributed by atoms with van der Waals surface area (Å²) >= 11 is 12.4. The number of benzene rings is 1. The monoisotopic (exact) mass is 300 g/mol. The molecular weight excluding hydrogens is 279 g/mol. The highest BCUT2D eigenvalue weighted by molar-refractivity contribution is 6.35. The van der Waals surface area contributed by atoms with Crippen LogP contribution in [0.5, 0.6) is 0 Å². The number of nitrogens with one attached hydrogen (secondary N) is 1. The molecule has 1 heterocycles. The molecule has 1 aromatic carbocycles. The van der Waals surface area contributed by atoms with Crippen LogP contribution in [0.2, 0.25) is 10.0 Å². The standard InChI is InChI=1S/C15H22Cl2N2/c1-11(2)8-13-10-19(7-3-6-18-13)15-9-12(16)4-5-14(15)17/h4-5,9,11,13,18H,3,6-8,10H2,1-2H3. The van der Waals surface area contributed by atoms with Gasteiger partial charge in [0.05, 0.1) is 10.7 Å². The highest BCUT2D eigenvalue weighted by Crippen LogP contribution is 2.30. The first-order valence-electron chi connectivity index (χ1n) is 6.99. The van der Waals surface area contributed by atoms with Gasteiger partial charge in [0.1, 0.15) is 0 Å². The van der Waals surface area contributed by atoms with Gasteiger partial charge < -0.3 is 10.2 Å². The van der Waals surface area contributed by atoms with Crippen molar-refractivity contribution in [3.8, 4) is 0 Å². The van der Waals surface area contributed by atoms with Gasteiger partial charge in [0.15, 0.2) is 0 Å². The molecule has 19 heavy (non-hydrogen) atoms. The van der Waals surface area contributed by atoms with Crippen molar-refractivity contribution in [1.29, 1.82) is 0 Å². The Kier molecular flexibility index (Phi) is 5.37. The third-order valence-electron chi connectivity index (χ3n) is 3.48. The predicted octanol–water partition coefficient (Wildman–Crippen LogP) is 4.21. The van der Waals surface area contributed by atoms with E-state index in [4.69, 9.17) is 23.2 Å². The molecule has 0 amide bonds. The second-order valence-corrected chi connectivity index (χ2v) is 6.52. The molecule has 2 rings (SSSR count). The lowest BCUT2D eigenvalue weighted by Crippen LogP contribution is -2.38.